The summed E-state index contributed by atoms with van der Waals surface area (Å²) in [4.78, 5) is 36.3. The SMILES string of the molecule is CCOC(=O)[C@]1([C@H](C[N+](=O)[O-])c2ccc(Br)cc2)CCCCC1=O. The van der Waals surface area contributed by atoms with Gasteiger partial charge in [0, 0.05) is 15.8 Å². The van der Waals surface area contributed by atoms with E-state index >= 15 is 0 Å². The number of rotatable bonds is 6. The molecule has 2 rings (SSSR count). The Balaban J connectivity index is 2.55. The van der Waals surface area contributed by atoms with E-state index in [1.807, 2.05) is 0 Å². The number of esters is 1. The number of carbonyl (C=O) groups excluding carboxylic acids is 2. The van der Waals surface area contributed by atoms with Gasteiger partial charge in [0.15, 0.2) is 5.78 Å². The number of carbonyl (C=O) groups is 2. The third kappa shape index (κ3) is 3.66. The molecule has 1 aromatic rings. The molecule has 7 heteroatoms. The highest BCUT2D eigenvalue weighted by molar-refractivity contribution is 9.10. The molecule has 2 atom stereocenters. The number of Topliss-reactive ketones (excluding diaryl/α,β-unsaturated/α-hetero) is 1. The van der Waals surface area contributed by atoms with Crippen LogP contribution in [0.25, 0.3) is 0 Å². The second-order valence-electron chi connectivity index (χ2n) is 5.94. The van der Waals surface area contributed by atoms with Crippen LogP contribution in [-0.2, 0) is 14.3 Å². The van der Waals surface area contributed by atoms with Gasteiger partial charge in [-0.05, 0) is 37.5 Å². The highest BCUT2D eigenvalue weighted by Gasteiger charge is 2.55. The molecule has 0 aliphatic heterocycles. The lowest BCUT2D eigenvalue weighted by Crippen LogP contribution is -2.49. The summed E-state index contributed by atoms with van der Waals surface area (Å²) in [5.74, 6) is -1.71. The molecule has 0 heterocycles. The number of ketones is 1. The lowest BCUT2D eigenvalue weighted by molar-refractivity contribution is -0.485. The van der Waals surface area contributed by atoms with E-state index in [1.54, 1.807) is 31.2 Å². The van der Waals surface area contributed by atoms with E-state index in [0.717, 1.165) is 4.47 Å². The fourth-order valence-corrected chi connectivity index (χ4v) is 3.69. The topological polar surface area (TPSA) is 86.5 Å². The Labute approximate surface area is 148 Å². The molecule has 1 aromatic carbocycles. The third-order valence-corrected chi connectivity index (χ3v) is 5.09. The molecule has 6 nitrogen and oxygen atoms in total. The Morgan fingerprint density at radius 3 is 2.58 bits per heavy atom. The van der Waals surface area contributed by atoms with Crippen LogP contribution in [0.1, 0.15) is 44.1 Å². The van der Waals surface area contributed by atoms with Crippen LogP contribution in [0.3, 0.4) is 0 Å². The van der Waals surface area contributed by atoms with Crippen molar-refractivity contribution in [3.63, 3.8) is 0 Å². The summed E-state index contributed by atoms with van der Waals surface area (Å²) < 4.78 is 6.00. The van der Waals surface area contributed by atoms with Crippen molar-refractivity contribution in [2.75, 3.05) is 13.2 Å². The molecule has 0 bridgehead atoms. The number of hydrogen-bond donors (Lipinski definition) is 0. The predicted molar refractivity (Wildman–Crippen MR) is 91.3 cm³/mol. The normalized spacial score (nSPS) is 22.0. The van der Waals surface area contributed by atoms with Gasteiger partial charge in [0.25, 0.3) is 0 Å². The Morgan fingerprint density at radius 2 is 2.04 bits per heavy atom. The summed E-state index contributed by atoms with van der Waals surface area (Å²) in [6, 6.07) is 6.96. The first kappa shape index (κ1) is 18.6. The summed E-state index contributed by atoms with van der Waals surface area (Å²) in [7, 11) is 0. The van der Waals surface area contributed by atoms with Gasteiger partial charge in [-0.1, -0.05) is 34.5 Å². The van der Waals surface area contributed by atoms with Crippen LogP contribution in [0.2, 0.25) is 0 Å². The van der Waals surface area contributed by atoms with Gasteiger partial charge in [-0.15, -0.1) is 0 Å². The Kier molecular flexibility index (Phi) is 6.10. The Hall–Kier alpha value is -1.76. The average molecular weight is 398 g/mol. The van der Waals surface area contributed by atoms with Gasteiger partial charge in [-0.25, -0.2) is 0 Å². The predicted octanol–water partition coefficient (Wildman–Crippen LogP) is 3.50. The largest absolute Gasteiger partial charge is 0.465 e. The minimum atomic E-state index is -1.46. The number of hydrogen-bond acceptors (Lipinski definition) is 5. The van der Waals surface area contributed by atoms with E-state index in [4.69, 9.17) is 4.74 Å². The second-order valence-corrected chi connectivity index (χ2v) is 6.86. The lowest BCUT2D eigenvalue weighted by atomic mass is 9.63. The highest BCUT2D eigenvalue weighted by atomic mass is 79.9. The minimum Gasteiger partial charge on any atom is -0.465 e. The number of halogens is 1. The van der Waals surface area contributed by atoms with Crippen molar-refractivity contribution < 1.29 is 19.2 Å². The molecule has 1 fully saturated rings. The van der Waals surface area contributed by atoms with E-state index in [2.05, 4.69) is 15.9 Å². The van der Waals surface area contributed by atoms with E-state index in [-0.39, 0.29) is 18.8 Å². The molecule has 0 unspecified atom stereocenters. The molecule has 1 aliphatic rings. The fraction of sp³-hybridized carbons (Fsp3) is 0.529. The molecule has 24 heavy (non-hydrogen) atoms. The molecule has 0 aromatic heterocycles. The molecule has 0 spiro atoms. The van der Waals surface area contributed by atoms with Crippen molar-refractivity contribution in [3.8, 4) is 0 Å². The summed E-state index contributed by atoms with van der Waals surface area (Å²) in [6.45, 7) is 1.33. The summed E-state index contributed by atoms with van der Waals surface area (Å²) in [5.41, 5.74) is -0.854. The van der Waals surface area contributed by atoms with Gasteiger partial charge in [0.2, 0.25) is 6.54 Å². The molecule has 0 saturated heterocycles. The highest BCUT2D eigenvalue weighted by Crippen LogP contribution is 2.46. The van der Waals surface area contributed by atoms with E-state index < -0.39 is 28.8 Å². The van der Waals surface area contributed by atoms with E-state index in [9.17, 15) is 19.7 Å². The molecule has 130 valence electrons. The standard InChI is InChI=1S/C17H20BrNO5/c1-2-24-16(21)17(10-4-3-5-15(17)20)14(11-19(22)23)12-6-8-13(18)9-7-12/h6-9,14H,2-5,10-11H2,1H3/t14-,17+/m1/s1. The van der Waals surface area contributed by atoms with Gasteiger partial charge in [-0.3, -0.25) is 19.7 Å². The van der Waals surface area contributed by atoms with Crippen LogP contribution in [0.5, 0.6) is 0 Å². The Morgan fingerprint density at radius 1 is 1.38 bits per heavy atom. The number of benzene rings is 1. The molecule has 0 radical (unpaired) electrons. The van der Waals surface area contributed by atoms with Gasteiger partial charge >= 0.3 is 5.97 Å². The van der Waals surface area contributed by atoms with Crippen molar-refractivity contribution in [3.05, 3.63) is 44.4 Å². The van der Waals surface area contributed by atoms with Crippen molar-refractivity contribution in [1.82, 2.24) is 0 Å². The fourth-order valence-electron chi connectivity index (χ4n) is 3.43. The number of ether oxygens (including phenoxy) is 1. The van der Waals surface area contributed by atoms with Gasteiger partial charge in [0.05, 0.1) is 12.5 Å². The quantitative estimate of drug-likeness (QED) is 0.317. The smallest absolute Gasteiger partial charge is 0.320 e. The molecular weight excluding hydrogens is 378 g/mol. The van der Waals surface area contributed by atoms with Crippen molar-refractivity contribution in [2.24, 2.45) is 5.41 Å². The second kappa shape index (κ2) is 7.88. The van der Waals surface area contributed by atoms with Crippen LogP contribution < -0.4 is 0 Å². The first-order valence-corrected chi connectivity index (χ1v) is 8.79. The van der Waals surface area contributed by atoms with E-state index in [1.165, 1.54) is 0 Å². The zero-order valence-electron chi connectivity index (χ0n) is 13.5. The maximum Gasteiger partial charge on any atom is 0.320 e. The maximum absolute atomic E-state index is 12.8. The molecular formula is C17H20BrNO5. The summed E-state index contributed by atoms with van der Waals surface area (Å²) >= 11 is 3.33. The van der Waals surface area contributed by atoms with Crippen LogP contribution in [0, 0.1) is 15.5 Å². The zero-order chi connectivity index (χ0) is 17.7. The molecule has 1 aliphatic carbocycles. The third-order valence-electron chi connectivity index (χ3n) is 4.56. The van der Waals surface area contributed by atoms with Crippen molar-refractivity contribution in [2.45, 2.75) is 38.5 Å². The maximum atomic E-state index is 12.8. The zero-order valence-corrected chi connectivity index (χ0v) is 15.1. The molecule has 0 N–H and O–H groups in total. The van der Waals surface area contributed by atoms with Gasteiger partial charge in [0.1, 0.15) is 5.41 Å². The first-order chi connectivity index (χ1) is 11.4. The summed E-state index contributed by atoms with van der Waals surface area (Å²) in [6.07, 6.45) is 1.92. The van der Waals surface area contributed by atoms with E-state index in [0.29, 0.717) is 24.8 Å². The molecule has 0 amide bonds. The van der Waals surface area contributed by atoms with Crippen molar-refractivity contribution >= 4 is 27.7 Å². The average Bonchev–Trinajstić information content (AvgIpc) is 2.54. The van der Waals surface area contributed by atoms with Crippen LogP contribution >= 0.6 is 15.9 Å². The van der Waals surface area contributed by atoms with Crippen LogP contribution in [0.4, 0.5) is 0 Å². The lowest BCUT2D eigenvalue weighted by Gasteiger charge is -2.38. The summed E-state index contributed by atoms with van der Waals surface area (Å²) in [5, 5.41) is 11.3. The van der Waals surface area contributed by atoms with Gasteiger partial charge < -0.3 is 4.74 Å². The number of nitro groups is 1. The first-order valence-electron chi connectivity index (χ1n) is 7.99. The Bertz CT molecular complexity index is 630. The number of nitrogens with zero attached hydrogens (tertiary/aromatic N) is 1. The van der Waals surface area contributed by atoms with Crippen molar-refractivity contribution in [1.29, 1.82) is 0 Å². The monoisotopic (exact) mass is 397 g/mol. The van der Waals surface area contributed by atoms with Gasteiger partial charge in [-0.2, -0.15) is 0 Å². The van der Waals surface area contributed by atoms with Crippen LogP contribution in [-0.4, -0.2) is 29.8 Å². The van der Waals surface area contributed by atoms with Crippen LogP contribution in [0.15, 0.2) is 28.7 Å². The minimum absolute atomic E-state index is 0.138. The molecule has 1 saturated carbocycles.